The molecule has 1 nitrogen and oxygen atoms in total. The number of halogens is 4. The monoisotopic (exact) mass is 261 g/mol. The summed E-state index contributed by atoms with van der Waals surface area (Å²) in [5.41, 5.74) is 0.508. The molecule has 76 valence electrons. The first-order valence-electron chi connectivity index (χ1n) is 4.21. The normalized spacial score (nSPS) is 21.8. The van der Waals surface area contributed by atoms with Gasteiger partial charge in [-0.25, -0.2) is 0 Å². The highest BCUT2D eigenvalue weighted by molar-refractivity contribution is 6.69. The Hall–Kier alpha value is 0.830. The van der Waals surface area contributed by atoms with Crippen LogP contribution in [-0.4, -0.2) is 20.9 Å². The van der Waals surface area contributed by atoms with Crippen LogP contribution in [0.15, 0.2) is 4.99 Å². The minimum atomic E-state index is -1.01. The number of hydrogen-bond donors (Lipinski definition) is 0. The second-order valence-corrected chi connectivity index (χ2v) is 6.11. The van der Waals surface area contributed by atoms with Crippen molar-refractivity contribution in [3.8, 4) is 0 Å². The maximum absolute atomic E-state index is 6.09. The Morgan fingerprint density at radius 3 is 2.46 bits per heavy atom. The summed E-state index contributed by atoms with van der Waals surface area (Å²) in [4.78, 5) is 4.17. The van der Waals surface area contributed by atoms with Crippen molar-refractivity contribution in [3.05, 3.63) is 0 Å². The standard InChI is InChI=1S/C8H11Cl4N/c1-2-3-7(9,10)6-8(11,12)4-5-13-6/h2-5H2,1H3. The third-order valence-corrected chi connectivity index (χ3v) is 3.42. The molecular weight excluding hydrogens is 252 g/mol. The van der Waals surface area contributed by atoms with Crippen molar-refractivity contribution >= 4 is 52.1 Å². The molecule has 13 heavy (non-hydrogen) atoms. The molecule has 0 saturated carbocycles. The van der Waals surface area contributed by atoms with Gasteiger partial charge < -0.3 is 0 Å². The highest BCUT2D eigenvalue weighted by atomic mass is 35.5. The fourth-order valence-corrected chi connectivity index (χ4v) is 2.98. The molecule has 0 fully saturated rings. The molecule has 0 spiro atoms. The van der Waals surface area contributed by atoms with Crippen molar-refractivity contribution < 1.29 is 0 Å². The molecule has 0 aromatic rings. The largest absolute Gasteiger partial charge is 0.288 e. The van der Waals surface area contributed by atoms with E-state index in [1.165, 1.54) is 0 Å². The minimum absolute atomic E-state index is 0.508. The van der Waals surface area contributed by atoms with Gasteiger partial charge in [0.25, 0.3) is 0 Å². The molecule has 0 unspecified atom stereocenters. The zero-order valence-corrected chi connectivity index (χ0v) is 10.3. The van der Waals surface area contributed by atoms with Gasteiger partial charge >= 0.3 is 0 Å². The van der Waals surface area contributed by atoms with E-state index in [0.717, 1.165) is 6.42 Å². The van der Waals surface area contributed by atoms with Gasteiger partial charge in [0, 0.05) is 13.0 Å². The van der Waals surface area contributed by atoms with Crippen molar-refractivity contribution in [1.29, 1.82) is 0 Å². The highest BCUT2D eigenvalue weighted by Crippen LogP contribution is 2.42. The summed E-state index contributed by atoms with van der Waals surface area (Å²) in [6.45, 7) is 2.60. The maximum Gasteiger partial charge on any atom is 0.160 e. The van der Waals surface area contributed by atoms with Gasteiger partial charge in [0.05, 0.1) is 5.71 Å². The Labute approximate surface area is 98.4 Å². The van der Waals surface area contributed by atoms with E-state index < -0.39 is 8.67 Å². The topological polar surface area (TPSA) is 12.4 Å². The summed E-state index contributed by atoms with van der Waals surface area (Å²) >= 11 is 24.2. The molecule has 1 aliphatic heterocycles. The summed E-state index contributed by atoms with van der Waals surface area (Å²) in [7, 11) is 0. The molecule has 0 N–H and O–H groups in total. The number of hydrogen-bond acceptors (Lipinski definition) is 1. The third-order valence-electron chi connectivity index (χ3n) is 1.95. The van der Waals surface area contributed by atoms with Crippen molar-refractivity contribution in [2.24, 2.45) is 4.99 Å². The van der Waals surface area contributed by atoms with Gasteiger partial charge in [0.1, 0.15) is 0 Å². The smallest absolute Gasteiger partial charge is 0.160 e. The van der Waals surface area contributed by atoms with Gasteiger partial charge in [-0.1, -0.05) is 59.7 Å². The van der Waals surface area contributed by atoms with Crippen molar-refractivity contribution in [1.82, 2.24) is 0 Å². The molecule has 1 heterocycles. The number of alkyl halides is 4. The molecule has 1 aliphatic rings. The lowest BCUT2D eigenvalue weighted by atomic mass is 10.1. The van der Waals surface area contributed by atoms with Crippen LogP contribution in [0.1, 0.15) is 26.2 Å². The average molecular weight is 263 g/mol. The Kier molecular flexibility index (Phi) is 3.79. The van der Waals surface area contributed by atoms with Gasteiger partial charge in [-0.2, -0.15) is 0 Å². The Morgan fingerprint density at radius 2 is 2.08 bits per heavy atom. The number of aliphatic imine (C=N–C) groups is 1. The van der Waals surface area contributed by atoms with E-state index in [2.05, 4.69) is 4.99 Å². The highest BCUT2D eigenvalue weighted by Gasteiger charge is 2.46. The van der Waals surface area contributed by atoms with Crippen LogP contribution in [0.4, 0.5) is 0 Å². The van der Waals surface area contributed by atoms with E-state index in [1.807, 2.05) is 6.92 Å². The van der Waals surface area contributed by atoms with E-state index in [1.54, 1.807) is 0 Å². The van der Waals surface area contributed by atoms with Gasteiger partial charge in [-0.3, -0.25) is 4.99 Å². The molecule has 1 rings (SSSR count). The van der Waals surface area contributed by atoms with E-state index >= 15 is 0 Å². The van der Waals surface area contributed by atoms with Crippen LogP contribution < -0.4 is 0 Å². The van der Waals surface area contributed by atoms with Gasteiger partial charge in [0.15, 0.2) is 8.67 Å². The van der Waals surface area contributed by atoms with Crippen molar-refractivity contribution in [3.63, 3.8) is 0 Å². The zero-order valence-electron chi connectivity index (χ0n) is 7.29. The van der Waals surface area contributed by atoms with Gasteiger partial charge in [0.2, 0.25) is 0 Å². The van der Waals surface area contributed by atoms with Crippen LogP contribution in [0.2, 0.25) is 0 Å². The lowest BCUT2D eigenvalue weighted by Crippen LogP contribution is -2.36. The average Bonchev–Trinajstić information content (AvgIpc) is 2.29. The first-order valence-corrected chi connectivity index (χ1v) is 5.72. The van der Waals surface area contributed by atoms with Crippen LogP contribution in [-0.2, 0) is 0 Å². The lowest BCUT2D eigenvalue weighted by molar-refractivity contribution is 0.787. The van der Waals surface area contributed by atoms with Crippen LogP contribution in [0.25, 0.3) is 0 Å². The van der Waals surface area contributed by atoms with Crippen LogP contribution in [0.5, 0.6) is 0 Å². The fraction of sp³-hybridized carbons (Fsp3) is 0.875. The maximum atomic E-state index is 6.09. The van der Waals surface area contributed by atoms with E-state index in [9.17, 15) is 0 Å². The SMILES string of the molecule is CCCC(Cl)(Cl)C1=NCCC1(Cl)Cl. The molecule has 0 aliphatic carbocycles. The molecule has 0 aromatic heterocycles. The van der Waals surface area contributed by atoms with Crippen LogP contribution >= 0.6 is 46.4 Å². The summed E-state index contributed by atoms with van der Waals surface area (Å²) < 4.78 is -1.98. The Morgan fingerprint density at radius 1 is 1.46 bits per heavy atom. The quantitative estimate of drug-likeness (QED) is 0.683. The second kappa shape index (κ2) is 4.14. The van der Waals surface area contributed by atoms with Gasteiger partial charge in [-0.15, -0.1) is 0 Å². The van der Waals surface area contributed by atoms with Gasteiger partial charge in [-0.05, 0) is 6.42 Å². The van der Waals surface area contributed by atoms with E-state index in [-0.39, 0.29) is 0 Å². The first kappa shape index (κ1) is 11.9. The summed E-state index contributed by atoms with van der Waals surface area (Å²) in [5.74, 6) is 0. The number of nitrogens with zero attached hydrogens (tertiary/aromatic N) is 1. The molecule has 0 saturated heterocycles. The predicted octanol–water partition coefficient (Wildman–Crippen LogP) is 3.98. The Bertz CT molecular complexity index is 222. The summed E-state index contributed by atoms with van der Waals surface area (Å²) in [5, 5.41) is 0. The van der Waals surface area contributed by atoms with Crippen molar-refractivity contribution in [2.75, 3.05) is 6.54 Å². The summed E-state index contributed by atoms with van der Waals surface area (Å²) in [6, 6.07) is 0. The van der Waals surface area contributed by atoms with Crippen LogP contribution in [0.3, 0.4) is 0 Å². The third kappa shape index (κ3) is 2.65. The number of rotatable bonds is 3. The molecule has 0 atom stereocenters. The summed E-state index contributed by atoms with van der Waals surface area (Å²) in [6.07, 6.45) is 2.09. The van der Waals surface area contributed by atoms with Crippen LogP contribution in [0, 0.1) is 0 Å². The second-order valence-electron chi connectivity index (χ2n) is 3.14. The molecule has 0 amide bonds. The van der Waals surface area contributed by atoms with Crippen molar-refractivity contribution in [2.45, 2.75) is 34.9 Å². The fourth-order valence-electron chi connectivity index (χ4n) is 1.36. The van der Waals surface area contributed by atoms with E-state index in [0.29, 0.717) is 25.1 Å². The minimum Gasteiger partial charge on any atom is -0.288 e. The Balaban J connectivity index is 2.81. The molecule has 0 bridgehead atoms. The molecule has 0 radical (unpaired) electrons. The molecular formula is C8H11Cl4N. The first-order chi connectivity index (χ1) is 5.90. The lowest BCUT2D eigenvalue weighted by Gasteiger charge is -2.25. The molecule has 5 heteroatoms. The molecule has 0 aromatic carbocycles. The predicted molar refractivity (Wildman–Crippen MR) is 60.7 cm³/mol. The van der Waals surface area contributed by atoms with E-state index in [4.69, 9.17) is 46.4 Å². The zero-order chi connectivity index (χ0) is 10.1.